The number of benzene rings is 2. The third-order valence-corrected chi connectivity index (χ3v) is 6.39. The van der Waals surface area contributed by atoms with Gasteiger partial charge in [-0.15, -0.1) is 0 Å². The largest absolute Gasteiger partial charge is 0.496 e. The Hall–Kier alpha value is -4.37. The molecule has 0 saturated heterocycles. The zero-order chi connectivity index (χ0) is 31.2. The minimum Gasteiger partial charge on any atom is -0.496 e. The Morgan fingerprint density at radius 2 is 1.79 bits per heavy atom. The number of anilines is 1. The van der Waals surface area contributed by atoms with E-state index in [0.29, 0.717) is 30.2 Å². The van der Waals surface area contributed by atoms with Gasteiger partial charge in [0, 0.05) is 57.3 Å². The van der Waals surface area contributed by atoms with Crippen molar-refractivity contribution in [3.05, 3.63) is 71.9 Å². The van der Waals surface area contributed by atoms with Gasteiger partial charge in [-0.1, -0.05) is 44.2 Å². The molecule has 0 atom stereocenters. The molecule has 0 aliphatic heterocycles. The van der Waals surface area contributed by atoms with Crippen LogP contribution in [0.1, 0.15) is 50.5 Å². The van der Waals surface area contributed by atoms with E-state index in [4.69, 9.17) is 9.47 Å². The molecule has 3 rings (SSSR count). The van der Waals surface area contributed by atoms with Crippen molar-refractivity contribution in [2.24, 2.45) is 4.99 Å². The van der Waals surface area contributed by atoms with Crippen molar-refractivity contribution >= 4 is 35.2 Å². The predicted molar refractivity (Wildman–Crippen MR) is 173 cm³/mol. The summed E-state index contributed by atoms with van der Waals surface area (Å²) in [5.74, 6) is 1.24. The molecule has 42 heavy (non-hydrogen) atoms. The fourth-order valence-electron chi connectivity index (χ4n) is 4.17. The fourth-order valence-corrected chi connectivity index (χ4v) is 4.17. The van der Waals surface area contributed by atoms with Crippen LogP contribution in [0.3, 0.4) is 0 Å². The molecule has 0 spiro atoms. The first-order valence-electron chi connectivity index (χ1n) is 14.1. The summed E-state index contributed by atoms with van der Waals surface area (Å²) >= 11 is 0. The van der Waals surface area contributed by atoms with Gasteiger partial charge in [0.15, 0.2) is 0 Å². The number of methoxy groups -OCH3 is 2. The molecule has 9 heteroatoms. The van der Waals surface area contributed by atoms with Crippen LogP contribution in [0.5, 0.6) is 5.75 Å². The normalized spacial score (nSPS) is 11.2. The van der Waals surface area contributed by atoms with Crippen LogP contribution in [0.2, 0.25) is 0 Å². The smallest absolute Gasteiger partial charge is 0.322 e. The molecular formula is C33H45N5O4. The minimum atomic E-state index is -0.293. The number of carbonyl (C=O) groups excluding carboxylic acids is 2. The van der Waals surface area contributed by atoms with Gasteiger partial charge in [0.2, 0.25) is 0 Å². The molecule has 3 aromatic rings. The molecule has 226 valence electrons. The molecule has 2 aromatic carbocycles. The van der Waals surface area contributed by atoms with Gasteiger partial charge in [0.05, 0.1) is 25.0 Å². The SMILES string of the molecule is C/C=C(\C=N/c1cc(-c2ccccc2OC)c[nH]1)c1ccc(NC(=O)N(CCOC)C(C)C)c(C(=O)N(C)C)c1.CC. The summed E-state index contributed by atoms with van der Waals surface area (Å²) in [4.78, 5) is 37.2. The number of aliphatic imine (C=N–C) groups is 1. The summed E-state index contributed by atoms with van der Waals surface area (Å²) in [6.07, 6.45) is 5.56. The lowest BCUT2D eigenvalue weighted by atomic mass is 10.0. The van der Waals surface area contributed by atoms with Crippen molar-refractivity contribution in [2.75, 3.05) is 46.8 Å². The number of carbonyl (C=O) groups is 2. The van der Waals surface area contributed by atoms with Crippen molar-refractivity contribution in [1.29, 1.82) is 0 Å². The number of hydrogen-bond acceptors (Lipinski definition) is 5. The molecule has 0 bridgehead atoms. The Labute approximate surface area is 250 Å². The Bertz CT molecular complexity index is 1370. The lowest BCUT2D eigenvalue weighted by Gasteiger charge is -2.27. The number of allylic oxidation sites excluding steroid dienone is 2. The first-order chi connectivity index (χ1) is 20.2. The van der Waals surface area contributed by atoms with Crippen LogP contribution in [0, 0.1) is 0 Å². The van der Waals surface area contributed by atoms with Crippen molar-refractivity contribution in [3.8, 4) is 16.9 Å². The second-order valence-electron chi connectivity index (χ2n) is 9.65. The molecule has 0 aliphatic rings. The monoisotopic (exact) mass is 575 g/mol. The number of aromatic amines is 1. The van der Waals surface area contributed by atoms with E-state index in [1.807, 2.05) is 83.3 Å². The summed E-state index contributed by atoms with van der Waals surface area (Å²) in [6.45, 7) is 10.6. The van der Waals surface area contributed by atoms with E-state index >= 15 is 0 Å². The molecule has 0 aliphatic carbocycles. The van der Waals surface area contributed by atoms with Crippen LogP contribution in [0.4, 0.5) is 16.3 Å². The molecule has 1 heterocycles. The molecular weight excluding hydrogens is 530 g/mol. The molecule has 3 amide bonds. The molecule has 0 fully saturated rings. The Kier molecular flexibility index (Phi) is 13.5. The maximum Gasteiger partial charge on any atom is 0.322 e. The zero-order valence-corrected chi connectivity index (χ0v) is 26.3. The zero-order valence-electron chi connectivity index (χ0n) is 26.3. The Morgan fingerprint density at radius 3 is 2.40 bits per heavy atom. The summed E-state index contributed by atoms with van der Waals surface area (Å²) in [6, 6.07) is 14.8. The van der Waals surface area contributed by atoms with Crippen LogP contribution in [0.25, 0.3) is 16.7 Å². The van der Waals surface area contributed by atoms with Crippen molar-refractivity contribution < 1.29 is 19.1 Å². The van der Waals surface area contributed by atoms with E-state index in [1.54, 1.807) is 51.6 Å². The summed E-state index contributed by atoms with van der Waals surface area (Å²) in [5.41, 5.74) is 4.38. The molecule has 0 unspecified atom stereocenters. The van der Waals surface area contributed by atoms with Crippen LogP contribution in [-0.2, 0) is 4.74 Å². The average molecular weight is 576 g/mol. The molecule has 1 aromatic heterocycles. The second-order valence-corrected chi connectivity index (χ2v) is 9.65. The predicted octanol–water partition coefficient (Wildman–Crippen LogP) is 7.11. The van der Waals surface area contributed by atoms with Crippen LogP contribution < -0.4 is 10.1 Å². The average Bonchev–Trinajstić information content (AvgIpc) is 3.47. The topological polar surface area (TPSA) is 99.3 Å². The standard InChI is InChI=1S/C31H39N5O4.C2H6/c1-8-22(19-32-29-18-24(20-33-29)25-11-9-10-12-28(25)40-7)23-13-14-27(26(17-23)30(37)35(4)5)34-31(38)36(21(2)3)15-16-39-6;1-2/h8-14,17-21,33H,15-16H2,1-7H3,(H,34,38);1-2H3/b22-8+,32-19-;. The van der Waals surface area contributed by atoms with Crippen LogP contribution >= 0.6 is 0 Å². The van der Waals surface area contributed by atoms with Gasteiger partial charge in [0.25, 0.3) is 5.91 Å². The van der Waals surface area contributed by atoms with E-state index in [9.17, 15) is 9.59 Å². The lowest BCUT2D eigenvalue weighted by molar-refractivity contribution is 0.0828. The van der Waals surface area contributed by atoms with Gasteiger partial charge in [-0.25, -0.2) is 9.79 Å². The molecule has 0 saturated carbocycles. The molecule has 0 radical (unpaired) electrons. The summed E-state index contributed by atoms with van der Waals surface area (Å²) < 4.78 is 10.6. The summed E-state index contributed by atoms with van der Waals surface area (Å²) in [5, 5.41) is 2.92. The van der Waals surface area contributed by atoms with Crippen LogP contribution in [0.15, 0.2) is 65.8 Å². The molecule has 9 nitrogen and oxygen atoms in total. The van der Waals surface area contributed by atoms with Crippen LogP contribution in [-0.4, -0.2) is 80.4 Å². The van der Waals surface area contributed by atoms with Crippen molar-refractivity contribution in [3.63, 3.8) is 0 Å². The number of amides is 3. The van der Waals surface area contributed by atoms with E-state index in [2.05, 4.69) is 15.3 Å². The van der Waals surface area contributed by atoms with Crippen molar-refractivity contribution in [1.82, 2.24) is 14.8 Å². The highest BCUT2D eigenvalue weighted by Crippen LogP contribution is 2.32. The number of nitrogens with one attached hydrogen (secondary N) is 2. The van der Waals surface area contributed by atoms with E-state index in [0.717, 1.165) is 28.0 Å². The number of ether oxygens (including phenoxy) is 2. The number of rotatable bonds is 11. The number of hydrogen-bond donors (Lipinski definition) is 2. The third-order valence-electron chi connectivity index (χ3n) is 6.39. The number of nitrogens with zero attached hydrogens (tertiary/aromatic N) is 3. The Morgan fingerprint density at radius 1 is 1.07 bits per heavy atom. The second kappa shape index (κ2) is 16.8. The van der Waals surface area contributed by atoms with Gasteiger partial charge in [-0.05, 0) is 56.2 Å². The van der Waals surface area contributed by atoms with Gasteiger partial charge >= 0.3 is 6.03 Å². The first-order valence-corrected chi connectivity index (χ1v) is 14.1. The maximum atomic E-state index is 13.1. The molecule has 2 N–H and O–H groups in total. The van der Waals surface area contributed by atoms with E-state index < -0.39 is 0 Å². The Balaban J connectivity index is 0.00000301. The minimum absolute atomic E-state index is 0.0373. The number of para-hydroxylation sites is 1. The number of H-pyrrole nitrogens is 1. The van der Waals surface area contributed by atoms with Gasteiger partial charge in [0.1, 0.15) is 11.6 Å². The summed E-state index contributed by atoms with van der Waals surface area (Å²) in [7, 11) is 6.61. The fraction of sp³-hybridized carbons (Fsp3) is 0.364. The van der Waals surface area contributed by atoms with E-state index in [-0.39, 0.29) is 18.0 Å². The highest BCUT2D eigenvalue weighted by atomic mass is 16.5. The highest BCUT2D eigenvalue weighted by Gasteiger charge is 2.21. The van der Waals surface area contributed by atoms with Gasteiger partial charge in [-0.2, -0.15) is 0 Å². The highest BCUT2D eigenvalue weighted by molar-refractivity contribution is 6.12. The first kappa shape index (κ1) is 33.8. The number of urea groups is 1. The van der Waals surface area contributed by atoms with Gasteiger partial charge < -0.3 is 29.6 Å². The third kappa shape index (κ3) is 8.81. The van der Waals surface area contributed by atoms with Gasteiger partial charge in [-0.3, -0.25) is 4.79 Å². The lowest BCUT2D eigenvalue weighted by Crippen LogP contribution is -2.42. The van der Waals surface area contributed by atoms with E-state index in [1.165, 1.54) is 4.90 Å². The number of aromatic nitrogens is 1. The maximum absolute atomic E-state index is 13.1. The van der Waals surface area contributed by atoms with Crippen molar-refractivity contribution in [2.45, 2.75) is 40.7 Å². The quantitative estimate of drug-likeness (QED) is 0.238.